The second-order valence-corrected chi connectivity index (χ2v) is 6.29. The zero-order valence-electron chi connectivity index (χ0n) is 11.5. The Hall–Kier alpha value is -2.15. The van der Waals surface area contributed by atoms with Gasteiger partial charge in [0.05, 0.1) is 29.2 Å². The summed E-state index contributed by atoms with van der Waals surface area (Å²) < 4.78 is 2.27. The average Bonchev–Trinajstić information content (AvgIpc) is 3.10. The van der Waals surface area contributed by atoms with Crippen molar-refractivity contribution in [3.05, 3.63) is 46.0 Å². The maximum atomic E-state index is 12.9. The summed E-state index contributed by atoms with van der Waals surface area (Å²) in [5.74, 6) is -1.23. The maximum absolute atomic E-state index is 12.9. The van der Waals surface area contributed by atoms with Crippen molar-refractivity contribution in [1.29, 1.82) is 0 Å². The van der Waals surface area contributed by atoms with Crippen LogP contribution in [0.1, 0.15) is 45.6 Å². The van der Waals surface area contributed by atoms with Crippen molar-refractivity contribution in [1.82, 2.24) is 14.5 Å². The monoisotopic (exact) mass is 361 g/mol. The minimum atomic E-state index is -1.10. The van der Waals surface area contributed by atoms with Crippen molar-refractivity contribution in [2.75, 3.05) is 6.54 Å². The third-order valence-electron chi connectivity index (χ3n) is 4.28. The number of carboxylic acids is 1. The Kier molecular flexibility index (Phi) is 2.87. The third kappa shape index (κ3) is 1.68. The summed E-state index contributed by atoms with van der Waals surface area (Å²) >= 11 is 3.43. The van der Waals surface area contributed by atoms with E-state index in [1.165, 1.54) is 0 Å². The van der Waals surface area contributed by atoms with E-state index in [1.54, 1.807) is 29.0 Å². The Morgan fingerprint density at radius 2 is 2.23 bits per heavy atom. The summed E-state index contributed by atoms with van der Waals surface area (Å²) in [4.78, 5) is 30.3. The van der Waals surface area contributed by atoms with E-state index in [0.717, 1.165) is 18.5 Å². The molecule has 0 radical (unpaired) electrons. The van der Waals surface area contributed by atoms with Gasteiger partial charge in [0.1, 0.15) is 0 Å². The van der Waals surface area contributed by atoms with Gasteiger partial charge in [0.15, 0.2) is 0 Å². The molecular formula is C15H12BrN3O3. The van der Waals surface area contributed by atoms with E-state index in [1.807, 2.05) is 4.90 Å². The summed E-state index contributed by atoms with van der Waals surface area (Å²) in [5.41, 5.74) is 1.83. The normalized spacial score (nSPS) is 19.4. The molecule has 6 nitrogen and oxygen atoms in total. The van der Waals surface area contributed by atoms with Crippen LogP contribution in [0, 0.1) is 0 Å². The number of imidazole rings is 1. The standard InChI is InChI=1S/C15H12BrN3O3/c16-8-3-1-4-10-12(8)14(20)18-6-2-5-9(18)11-7-17-13(15(21)22)19(10)11/h1,3-4,7,9H,2,5-6H2,(H,21,22)/t9-/m0/s1. The number of benzene rings is 1. The third-order valence-corrected chi connectivity index (χ3v) is 4.94. The van der Waals surface area contributed by atoms with Crippen molar-refractivity contribution >= 4 is 27.8 Å². The number of aromatic carboxylic acids is 1. The van der Waals surface area contributed by atoms with Gasteiger partial charge >= 0.3 is 5.97 Å². The molecule has 1 aromatic heterocycles. The second kappa shape index (κ2) is 4.67. The minimum absolute atomic E-state index is 0.0594. The van der Waals surface area contributed by atoms with Gasteiger partial charge in [-0.15, -0.1) is 0 Å². The molecule has 2 aliphatic heterocycles. The number of aromatic nitrogens is 2. The van der Waals surface area contributed by atoms with Crippen LogP contribution in [0.4, 0.5) is 0 Å². The highest BCUT2D eigenvalue weighted by atomic mass is 79.9. The molecule has 1 N–H and O–H groups in total. The van der Waals surface area contributed by atoms with Gasteiger partial charge in [-0.1, -0.05) is 6.07 Å². The Labute approximate surface area is 134 Å². The lowest BCUT2D eigenvalue weighted by Crippen LogP contribution is -2.29. The molecule has 2 aliphatic rings. The number of nitrogens with zero attached hydrogens (tertiary/aromatic N) is 3. The molecule has 2 aromatic rings. The predicted molar refractivity (Wildman–Crippen MR) is 81.2 cm³/mol. The molecule has 4 rings (SSSR count). The van der Waals surface area contributed by atoms with Crippen molar-refractivity contribution in [3.63, 3.8) is 0 Å². The fraction of sp³-hybridized carbons (Fsp3) is 0.267. The largest absolute Gasteiger partial charge is 0.475 e. The molecule has 3 heterocycles. The molecule has 7 heteroatoms. The predicted octanol–water partition coefficient (Wildman–Crippen LogP) is 2.62. The minimum Gasteiger partial charge on any atom is -0.475 e. The van der Waals surface area contributed by atoms with E-state index in [-0.39, 0.29) is 17.8 Å². The second-order valence-electron chi connectivity index (χ2n) is 5.44. The quantitative estimate of drug-likeness (QED) is 0.846. The lowest BCUT2D eigenvalue weighted by atomic mass is 10.1. The van der Waals surface area contributed by atoms with Crippen LogP contribution in [-0.4, -0.2) is 38.0 Å². The molecule has 1 aromatic carbocycles. The van der Waals surface area contributed by atoms with Crippen LogP contribution in [0.3, 0.4) is 0 Å². The molecule has 22 heavy (non-hydrogen) atoms. The average molecular weight is 362 g/mol. The molecule has 0 saturated carbocycles. The topological polar surface area (TPSA) is 75.4 Å². The number of carbonyl (C=O) groups is 2. The molecular weight excluding hydrogens is 350 g/mol. The molecule has 0 aliphatic carbocycles. The van der Waals surface area contributed by atoms with Gasteiger partial charge in [-0.25, -0.2) is 9.78 Å². The summed E-state index contributed by atoms with van der Waals surface area (Å²) in [7, 11) is 0. The summed E-state index contributed by atoms with van der Waals surface area (Å²) in [5, 5.41) is 9.43. The highest BCUT2D eigenvalue weighted by Gasteiger charge is 2.39. The van der Waals surface area contributed by atoms with Crippen LogP contribution in [0.25, 0.3) is 5.69 Å². The number of hydrogen-bond acceptors (Lipinski definition) is 3. The maximum Gasteiger partial charge on any atom is 0.372 e. The van der Waals surface area contributed by atoms with Crippen LogP contribution in [0.2, 0.25) is 0 Å². The van der Waals surface area contributed by atoms with E-state index in [9.17, 15) is 14.7 Å². The van der Waals surface area contributed by atoms with Gasteiger partial charge < -0.3 is 10.0 Å². The number of amides is 1. The van der Waals surface area contributed by atoms with Crippen molar-refractivity contribution in [2.24, 2.45) is 0 Å². The number of carboxylic acid groups (broad SMARTS) is 1. The van der Waals surface area contributed by atoms with E-state index in [0.29, 0.717) is 22.3 Å². The Bertz CT molecular complexity index is 814. The summed E-state index contributed by atoms with van der Waals surface area (Å²) in [6.45, 7) is 0.678. The number of halogens is 1. The molecule has 0 spiro atoms. The lowest BCUT2D eigenvalue weighted by molar-refractivity contribution is 0.0680. The van der Waals surface area contributed by atoms with Crippen LogP contribution in [0.5, 0.6) is 0 Å². The fourth-order valence-electron chi connectivity index (χ4n) is 3.38. The number of hydrogen-bond donors (Lipinski definition) is 1. The number of rotatable bonds is 1. The van der Waals surface area contributed by atoms with Crippen LogP contribution >= 0.6 is 15.9 Å². The SMILES string of the molecule is O=C(O)c1ncc2n1-c1cccc(Br)c1C(=O)N1CCC[C@@H]21. The van der Waals surface area contributed by atoms with Gasteiger partial charge in [-0.05, 0) is 40.9 Å². The number of carbonyl (C=O) groups excluding carboxylic acids is 1. The van der Waals surface area contributed by atoms with E-state index in [4.69, 9.17) is 0 Å². The van der Waals surface area contributed by atoms with Crippen molar-refractivity contribution in [2.45, 2.75) is 18.9 Å². The molecule has 1 fully saturated rings. The van der Waals surface area contributed by atoms with Crippen molar-refractivity contribution < 1.29 is 14.7 Å². The van der Waals surface area contributed by atoms with E-state index >= 15 is 0 Å². The van der Waals surface area contributed by atoms with Gasteiger partial charge in [-0.2, -0.15) is 0 Å². The molecule has 1 amide bonds. The first kappa shape index (κ1) is 13.5. The molecule has 1 atom stereocenters. The van der Waals surface area contributed by atoms with Gasteiger partial charge in [0, 0.05) is 11.0 Å². The van der Waals surface area contributed by atoms with Crippen LogP contribution < -0.4 is 0 Å². The summed E-state index contributed by atoms with van der Waals surface area (Å²) in [6, 6.07) is 5.23. The molecule has 112 valence electrons. The molecule has 1 saturated heterocycles. The Morgan fingerprint density at radius 1 is 1.41 bits per heavy atom. The Morgan fingerprint density at radius 3 is 3.00 bits per heavy atom. The Balaban J connectivity index is 2.10. The van der Waals surface area contributed by atoms with Crippen molar-refractivity contribution in [3.8, 4) is 5.69 Å². The molecule has 0 unspecified atom stereocenters. The first-order chi connectivity index (χ1) is 10.6. The highest BCUT2D eigenvalue weighted by Crippen LogP contribution is 2.40. The van der Waals surface area contributed by atoms with Gasteiger partial charge in [0.25, 0.3) is 5.91 Å². The molecule has 0 bridgehead atoms. The first-order valence-electron chi connectivity index (χ1n) is 7.00. The smallest absolute Gasteiger partial charge is 0.372 e. The summed E-state index contributed by atoms with van der Waals surface area (Å²) in [6.07, 6.45) is 3.31. The lowest BCUT2D eigenvalue weighted by Gasteiger charge is -2.22. The number of fused-ring (bicyclic) bond motifs is 5. The van der Waals surface area contributed by atoms with Crippen LogP contribution in [0.15, 0.2) is 28.9 Å². The van der Waals surface area contributed by atoms with E-state index < -0.39 is 5.97 Å². The zero-order valence-corrected chi connectivity index (χ0v) is 13.1. The van der Waals surface area contributed by atoms with Gasteiger partial charge in [-0.3, -0.25) is 9.36 Å². The first-order valence-corrected chi connectivity index (χ1v) is 7.79. The van der Waals surface area contributed by atoms with E-state index in [2.05, 4.69) is 20.9 Å². The van der Waals surface area contributed by atoms with Gasteiger partial charge in [0.2, 0.25) is 5.82 Å². The fourth-order valence-corrected chi connectivity index (χ4v) is 3.90. The van der Waals surface area contributed by atoms with Crippen LogP contribution in [-0.2, 0) is 0 Å². The zero-order chi connectivity index (χ0) is 15.4. The highest BCUT2D eigenvalue weighted by molar-refractivity contribution is 9.10.